The number of ether oxygens (including phenoxy) is 1. The van der Waals surface area contributed by atoms with Gasteiger partial charge in [0.05, 0.1) is 6.10 Å². The molecule has 2 amide bonds. The lowest BCUT2D eigenvalue weighted by Crippen LogP contribution is -2.69. The van der Waals surface area contributed by atoms with E-state index in [-0.39, 0.29) is 24.0 Å². The summed E-state index contributed by atoms with van der Waals surface area (Å²) in [5, 5.41) is 2.91. The zero-order valence-electron chi connectivity index (χ0n) is 12.4. The third-order valence-corrected chi connectivity index (χ3v) is 4.84. The molecule has 3 rings (SSSR count). The second-order valence-corrected chi connectivity index (χ2v) is 6.76. The Hall–Kier alpha value is -1.10. The fraction of sp³-hybridized carbons (Fsp3) is 0.867. The van der Waals surface area contributed by atoms with E-state index in [0.29, 0.717) is 12.5 Å². The van der Waals surface area contributed by atoms with Gasteiger partial charge in [-0.15, -0.1) is 0 Å². The molecular formula is C15H24N2O3. The summed E-state index contributed by atoms with van der Waals surface area (Å²) in [4.78, 5) is 26.7. The summed E-state index contributed by atoms with van der Waals surface area (Å²) in [7, 11) is 0. The molecule has 3 aliphatic rings. The molecule has 112 valence electrons. The van der Waals surface area contributed by atoms with Crippen molar-refractivity contribution >= 4 is 11.8 Å². The van der Waals surface area contributed by atoms with Crippen molar-refractivity contribution < 1.29 is 14.3 Å². The van der Waals surface area contributed by atoms with Crippen LogP contribution in [-0.2, 0) is 14.3 Å². The number of nitrogens with one attached hydrogen (secondary N) is 1. The van der Waals surface area contributed by atoms with Crippen LogP contribution in [0.1, 0.15) is 46.0 Å². The number of carbonyl (C=O) groups excluding carboxylic acids is 2. The molecule has 1 aliphatic carbocycles. The van der Waals surface area contributed by atoms with Gasteiger partial charge in [-0.25, -0.2) is 0 Å². The smallest absolute Gasteiger partial charge is 0.246 e. The Morgan fingerprint density at radius 2 is 2.05 bits per heavy atom. The molecule has 2 aliphatic heterocycles. The Kier molecular flexibility index (Phi) is 3.48. The summed E-state index contributed by atoms with van der Waals surface area (Å²) in [6.07, 6.45) is 5.36. The number of amides is 2. The van der Waals surface area contributed by atoms with Crippen molar-refractivity contribution in [2.45, 2.75) is 63.6 Å². The van der Waals surface area contributed by atoms with Crippen molar-refractivity contribution in [1.82, 2.24) is 10.2 Å². The van der Waals surface area contributed by atoms with Crippen LogP contribution in [0, 0.1) is 5.92 Å². The Balaban J connectivity index is 1.69. The molecule has 2 unspecified atom stereocenters. The first-order valence-electron chi connectivity index (χ1n) is 7.74. The molecule has 3 fully saturated rings. The normalized spacial score (nSPS) is 33.4. The molecule has 0 aromatic rings. The zero-order valence-corrected chi connectivity index (χ0v) is 12.4. The summed E-state index contributed by atoms with van der Waals surface area (Å²) in [6, 6.07) is -0.292. The van der Waals surface area contributed by atoms with Crippen molar-refractivity contribution in [3.05, 3.63) is 0 Å². The fourth-order valence-electron chi connectivity index (χ4n) is 3.23. The summed E-state index contributed by atoms with van der Waals surface area (Å²) in [6.45, 7) is 5.11. The van der Waals surface area contributed by atoms with Crippen LogP contribution in [0.25, 0.3) is 0 Å². The maximum absolute atomic E-state index is 12.6. The van der Waals surface area contributed by atoms with Crippen LogP contribution < -0.4 is 5.32 Å². The minimum absolute atomic E-state index is 0.0265. The van der Waals surface area contributed by atoms with Crippen LogP contribution in [0.15, 0.2) is 0 Å². The first-order valence-corrected chi connectivity index (χ1v) is 7.74. The van der Waals surface area contributed by atoms with Gasteiger partial charge in [0.2, 0.25) is 11.8 Å². The Morgan fingerprint density at radius 3 is 2.65 bits per heavy atom. The molecule has 2 heterocycles. The molecule has 0 aromatic carbocycles. The van der Waals surface area contributed by atoms with Crippen LogP contribution in [0.5, 0.6) is 0 Å². The van der Waals surface area contributed by atoms with Gasteiger partial charge in [0, 0.05) is 13.2 Å². The molecule has 0 aromatic heterocycles. The lowest BCUT2D eigenvalue weighted by Gasteiger charge is -2.44. The second-order valence-electron chi connectivity index (χ2n) is 6.76. The van der Waals surface area contributed by atoms with Gasteiger partial charge >= 0.3 is 0 Å². The lowest BCUT2D eigenvalue weighted by atomic mass is 9.93. The monoisotopic (exact) mass is 280 g/mol. The van der Waals surface area contributed by atoms with E-state index in [9.17, 15) is 9.59 Å². The summed E-state index contributed by atoms with van der Waals surface area (Å²) >= 11 is 0. The maximum Gasteiger partial charge on any atom is 0.246 e. The van der Waals surface area contributed by atoms with E-state index in [1.807, 2.05) is 13.8 Å². The number of rotatable bonds is 4. The van der Waals surface area contributed by atoms with Crippen molar-refractivity contribution in [1.29, 1.82) is 0 Å². The van der Waals surface area contributed by atoms with Gasteiger partial charge in [-0.3, -0.25) is 9.59 Å². The molecular weight excluding hydrogens is 256 g/mol. The van der Waals surface area contributed by atoms with E-state index in [0.717, 1.165) is 38.7 Å². The topological polar surface area (TPSA) is 58.6 Å². The third kappa shape index (κ3) is 2.43. The van der Waals surface area contributed by atoms with Crippen LogP contribution in [0.3, 0.4) is 0 Å². The average Bonchev–Trinajstić information content (AvgIpc) is 3.10. The molecule has 0 spiro atoms. The Morgan fingerprint density at radius 1 is 1.30 bits per heavy atom. The molecule has 1 saturated carbocycles. The fourth-order valence-corrected chi connectivity index (χ4v) is 3.23. The molecule has 5 nitrogen and oxygen atoms in total. The SMILES string of the molecule is CC1(C)C(=O)NC(C2CC2)C(=O)N1CCC1CCCO1. The minimum atomic E-state index is -0.749. The van der Waals surface area contributed by atoms with Crippen molar-refractivity contribution in [3.63, 3.8) is 0 Å². The Labute approximate surface area is 120 Å². The Bertz CT molecular complexity index is 411. The second kappa shape index (κ2) is 5.02. The van der Waals surface area contributed by atoms with Crippen molar-refractivity contribution in [2.75, 3.05) is 13.2 Å². The van der Waals surface area contributed by atoms with E-state index in [1.54, 1.807) is 4.90 Å². The van der Waals surface area contributed by atoms with Crippen LogP contribution in [0.4, 0.5) is 0 Å². The highest BCUT2D eigenvalue weighted by Gasteiger charge is 2.50. The molecule has 20 heavy (non-hydrogen) atoms. The van der Waals surface area contributed by atoms with E-state index in [2.05, 4.69) is 5.32 Å². The highest BCUT2D eigenvalue weighted by Crippen LogP contribution is 2.36. The molecule has 0 radical (unpaired) electrons. The van der Waals surface area contributed by atoms with E-state index in [4.69, 9.17) is 4.74 Å². The number of nitrogens with zero attached hydrogens (tertiary/aromatic N) is 1. The number of carbonyl (C=O) groups is 2. The summed E-state index contributed by atoms with van der Waals surface area (Å²) < 4.78 is 5.62. The van der Waals surface area contributed by atoms with E-state index >= 15 is 0 Å². The molecule has 2 saturated heterocycles. The maximum atomic E-state index is 12.6. The molecule has 5 heteroatoms. The van der Waals surface area contributed by atoms with Gasteiger partial charge in [-0.05, 0) is 51.9 Å². The average molecular weight is 280 g/mol. The molecule has 2 atom stereocenters. The summed E-state index contributed by atoms with van der Waals surface area (Å²) in [5.41, 5.74) is -0.749. The highest BCUT2D eigenvalue weighted by molar-refractivity contribution is 5.99. The van der Waals surface area contributed by atoms with Gasteiger partial charge in [-0.1, -0.05) is 0 Å². The first kappa shape index (κ1) is 13.9. The van der Waals surface area contributed by atoms with Gasteiger partial charge in [0.1, 0.15) is 11.6 Å². The molecule has 0 bridgehead atoms. The van der Waals surface area contributed by atoms with Gasteiger partial charge in [0.15, 0.2) is 0 Å². The van der Waals surface area contributed by atoms with Crippen LogP contribution in [0.2, 0.25) is 0 Å². The third-order valence-electron chi connectivity index (χ3n) is 4.84. The highest BCUT2D eigenvalue weighted by atomic mass is 16.5. The number of piperazine rings is 1. The lowest BCUT2D eigenvalue weighted by molar-refractivity contribution is -0.156. The van der Waals surface area contributed by atoms with Crippen LogP contribution >= 0.6 is 0 Å². The quantitative estimate of drug-likeness (QED) is 0.838. The largest absolute Gasteiger partial charge is 0.378 e. The summed E-state index contributed by atoms with van der Waals surface area (Å²) in [5.74, 6) is 0.421. The van der Waals surface area contributed by atoms with Gasteiger partial charge < -0.3 is 15.0 Å². The van der Waals surface area contributed by atoms with E-state index in [1.165, 1.54) is 0 Å². The van der Waals surface area contributed by atoms with Crippen LogP contribution in [-0.4, -0.2) is 47.6 Å². The predicted molar refractivity (Wildman–Crippen MR) is 74.0 cm³/mol. The van der Waals surface area contributed by atoms with Crippen molar-refractivity contribution in [2.24, 2.45) is 5.92 Å². The standard InChI is InChI=1S/C15H24N2O3/c1-15(2)14(19)16-12(10-5-6-10)13(18)17(15)8-7-11-4-3-9-20-11/h10-12H,3-9H2,1-2H3,(H,16,19). The molecule has 1 N–H and O–H groups in total. The number of hydrogen-bond acceptors (Lipinski definition) is 3. The van der Waals surface area contributed by atoms with Gasteiger partial charge in [-0.2, -0.15) is 0 Å². The zero-order chi connectivity index (χ0) is 14.3. The minimum Gasteiger partial charge on any atom is -0.378 e. The predicted octanol–water partition coefficient (Wildman–Crippen LogP) is 1.07. The first-order chi connectivity index (χ1) is 9.50. The van der Waals surface area contributed by atoms with E-state index < -0.39 is 5.54 Å². The number of hydrogen-bond donors (Lipinski definition) is 1. The van der Waals surface area contributed by atoms with Gasteiger partial charge in [0.25, 0.3) is 0 Å². The van der Waals surface area contributed by atoms with Crippen molar-refractivity contribution in [3.8, 4) is 0 Å².